The minimum atomic E-state index is -1.03. The first-order valence-corrected chi connectivity index (χ1v) is 6.80. The highest BCUT2D eigenvalue weighted by atomic mass is 16.4. The van der Waals surface area contributed by atoms with Gasteiger partial charge in [0.15, 0.2) is 0 Å². The average molecular weight is 254 g/mol. The van der Waals surface area contributed by atoms with E-state index in [9.17, 15) is 14.7 Å². The van der Waals surface area contributed by atoms with E-state index in [0.29, 0.717) is 18.8 Å². The Morgan fingerprint density at radius 1 is 1.28 bits per heavy atom. The number of rotatable bonds is 4. The van der Waals surface area contributed by atoms with Crippen LogP contribution in [0.3, 0.4) is 0 Å². The predicted molar refractivity (Wildman–Crippen MR) is 67.3 cm³/mol. The number of nitrogens with one attached hydrogen (secondary N) is 1. The topological polar surface area (TPSA) is 69.6 Å². The lowest BCUT2D eigenvalue weighted by atomic mass is 9.82. The molecule has 18 heavy (non-hydrogen) atoms. The van der Waals surface area contributed by atoms with Crippen LogP contribution in [0.1, 0.15) is 44.9 Å². The molecule has 102 valence electrons. The van der Waals surface area contributed by atoms with Gasteiger partial charge < -0.3 is 15.3 Å². The molecule has 2 N–H and O–H groups in total. The molecule has 0 aromatic carbocycles. The van der Waals surface area contributed by atoms with Crippen LogP contribution in [0, 0.1) is 5.92 Å². The molecule has 0 heterocycles. The molecule has 5 nitrogen and oxygen atoms in total. The molecule has 0 aromatic heterocycles. The first kappa shape index (κ1) is 13.2. The van der Waals surface area contributed by atoms with Crippen molar-refractivity contribution in [3.05, 3.63) is 0 Å². The Morgan fingerprint density at radius 3 is 2.39 bits per heavy atom. The molecule has 2 rings (SSSR count). The van der Waals surface area contributed by atoms with Crippen molar-refractivity contribution in [1.82, 2.24) is 10.2 Å². The van der Waals surface area contributed by atoms with E-state index in [0.717, 1.165) is 25.8 Å². The lowest BCUT2D eigenvalue weighted by Crippen LogP contribution is -2.58. The summed E-state index contributed by atoms with van der Waals surface area (Å²) < 4.78 is 0. The minimum Gasteiger partial charge on any atom is -0.480 e. The second-order valence-electron chi connectivity index (χ2n) is 5.70. The number of carbonyl (C=O) groups is 2. The molecule has 0 aliphatic heterocycles. The summed E-state index contributed by atoms with van der Waals surface area (Å²) >= 11 is 0. The first-order valence-electron chi connectivity index (χ1n) is 6.80. The molecule has 0 saturated heterocycles. The van der Waals surface area contributed by atoms with E-state index in [2.05, 4.69) is 5.32 Å². The van der Waals surface area contributed by atoms with Crippen molar-refractivity contribution >= 4 is 12.0 Å². The lowest BCUT2D eigenvalue weighted by molar-refractivity contribution is -0.145. The van der Waals surface area contributed by atoms with Gasteiger partial charge >= 0.3 is 12.0 Å². The first-order chi connectivity index (χ1) is 8.53. The second-order valence-corrected chi connectivity index (χ2v) is 5.70. The number of amides is 2. The molecule has 0 radical (unpaired) electrons. The molecule has 0 unspecified atom stereocenters. The Morgan fingerprint density at radius 2 is 1.89 bits per heavy atom. The molecule has 0 atom stereocenters. The molecule has 2 aliphatic carbocycles. The van der Waals surface area contributed by atoms with Gasteiger partial charge in [-0.05, 0) is 31.6 Å². The number of aliphatic carboxylic acids is 1. The van der Waals surface area contributed by atoms with Crippen LogP contribution in [-0.2, 0) is 4.79 Å². The zero-order valence-corrected chi connectivity index (χ0v) is 10.9. The van der Waals surface area contributed by atoms with Crippen LogP contribution in [0.2, 0.25) is 0 Å². The van der Waals surface area contributed by atoms with E-state index in [-0.39, 0.29) is 6.03 Å². The third-order valence-electron chi connectivity index (χ3n) is 4.04. The number of urea groups is 1. The molecule has 0 aromatic rings. The summed E-state index contributed by atoms with van der Waals surface area (Å²) in [5, 5.41) is 12.1. The number of hydrogen-bond acceptors (Lipinski definition) is 2. The van der Waals surface area contributed by atoms with Crippen LogP contribution >= 0.6 is 0 Å². The van der Waals surface area contributed by atoms with E-state index in [4.69, 9.17) is 0 Å². The highest BCUT2D eigenvalue weighted by Gasteiger charge is 2.41. The Kier molecular flexibility index (Phi) is 3.78. The molecule has 5 heteroatoms. The van der Waals surface area contributed by atoms with E-state index in [1.165, 1.54) is 12.8 Å². The van der Waals surface area contributed by atoms with Crippen LogP contribution < -0.4 is 5.32 Å². The summed E-state index contributed by atoms with van der Waals surface area (Å²) in [6.07, 6.45) is 6.26. The van der Waals surface area contributed by atoms with Crippen LogP contribution in [0.5, 0.6) is 0 Å². The van der Waals surface area contributed by atoms with E-state index >= 15 is 0 Å². The summed E-state index contributed by atoms with van der Waals surface area (Å²) in [6.45, 7) is 0.738. The standard InChI is InChI=1S/C13H22N2O3/c1-15(9-10-5-6-10)12(18)14-13(11(16)17)7-3-2-4-8-13/h10H,2-9H2,1H3,(H,14,18)(H,16,17). The van der Waals surface area contributed by atoms with Gasteiger partial charge in [-0.1, -0.05) is 19.3 Å². The number of carboxylic acids is 1. The van der Waals surface area contributed by atoms with Gasteiger partial charge in [0.2, 0.25) is 0 Å². The zero-order valence-electron chi connectivity index (χ0n) is 10.9. The molecular weight excluding hydrogens is 232 g/mol. The molecule has 2 aliphatic rings. The Balaban J connectivity index is 1.94. The third-order valence-corrected chi connectivity index (χ3v) is 4.04. The van der Waals surface area contributed by atoms with Crippen LogP contribution in [0.25, 0.3) is 0 Å². The largest absolute Gasteiger partial charge is 0.480 e. The van der Waals surface area contributed by atoms with Gasteiger partial charge in [-0.25, -0.2) is 9.59 Å². The highest BCUT2D eigenvalue weighted by Crippen LogP contribution is 2.31. The Bertz CT molecular complexity index is 333. The van der Waals surface area contributed by atoms with Crippen molar-refractivity contribution in [2.24, 2.45) is 5.92 Å². The fourth-order valence-electron chi connectivity index (χ4n) is 2.62. The summed E-state index contributed by atoms with van der Waals surface area (Å²) in [4.78, 5) is 25.1. The maximum Gasteiger partial charge on any atom is 0.329 e. The molecule has 0 spiro atoms. The highest BCUT2D eigenvalue weighted by molar-refractivity contribution is 5.86. The summed E-state index contributed by atoms with van der Waals surface area (Å²) in [5.74, 6) is -0.275. The van der Waals surface area contributed by atoms with Crippen LogP contribution in [0.4, 0.5) is 4.79 Å². The Hall–Kier alpha value is -1.26. The van der Waals surface area contributed by atoms with Gasteiger partial charge in [0.05, 0.1) is 0 Å². The van der Waals surface area contributed by atoms with Crippen LogP contribution in [-0.4, -0.2) is 41.1 Å². The number of carbonyl (C=O) groups excluding carboxylic acids is 1. The van der Waals surface area contributed by atoms with Gasteiger partial charge in [-0.15, -0.1) is 0 Å². The van der Waals surface area contributed by atoms with Gasteiger partial charge in [-0.3, -0.25) is 0 Å². The van der Waals surface area contributed by atoms with Gasteiger partial charge in [0, 0.05) is 13.6 Å². The lowest BCUT2D eigenvalue weighted by Gasteiger charge is -2.35. The summed E-state index contributed by atoms with van der Waals surface area (Å²) in [7, 11) is 1.74. The van der Waals surface area contributed by atoms with Gasteiger partial charge in [0.25, 0.3) is 0 Å². The Labute approximate surface area is 108 Å². The van der Waals surface area contributed by atoms with E-state index in [1.807, 2.05) is 0 Å². The zero-order chi connectivity index (χ0) is 13.2. The SMILES string of the molecule is CN(CC1CC1)C(=O)NC1(C(=O)O)CCCCC1. The summed E-state index contributed by atoms with van der Waals surface area (Å²) in [5.41, 5.74) is -1.03. The number of carboxylic acid groups (broad SMARTS) is 1. The van der Waals surface area contributed by atoms with E-state index in [1.54, 1.807) is 11.9 Å². The minimum absolute atomic E-state index is 0.244. The van der Waals surface area contributed by atoms with Crippen molar-refractivity contribution in [1.29, 1.82) is 0 Å². The summed E-state index contributed by atoms with van der Waals surface area (Å²) in [6, 6.07) is -0.244. The van der Waals surface area contributed by atoms with Crippen molar-refractivity contribution in [2.45, 2.75) is 50.5 Å². The van der Waals surface area contributed by atoms with E-state index < -0.39 is 11.5 Å². The molecular formula is C13H22N2O3. The van der Waals surface area contributed by atoms with Crippen molar-refractivity contribution in [3.8, 4) is 0 Å². The maximum atomic E-state index is 12.0. The molecule has 0 bridgehead atoms. The van der Waals surface area contributed by atoms with Crippen LogP contribution in [0.15, 0.2) is 0 Å². The quantitative estimate of drug-likeness (QED) is 0.804. The number of hydrogen-bond donors (Lipinski definition) is 2. The molecule has 2 saturated carbocycles. The van der Waals surface area contributed by atoms with Crippen molar-refractivity contribution in [2.75, 3.05) is 13.6 Å². The number of nitrogens with zero attached hydrogens (tertiary/aromatic N) is 1. The molecule has 2 amide bonds. The maximum absolute atomic E-state index is 12.0. The van der Waals surface area contributed by atoms with Gasteiger partial charge in [0.1, 0.15) is 5.54 Å². The fraction of sp³-hybridized carbons (Fsp3) is 0.846. The average Bonchev–Trinajstić information content (AvgIpc) is 3.14. The second kappa shape index (κ2) is 5.16. The van der Waals surface area contributed by atoms with Crippen molar-refractivity contribution < 1.29 is 14.7 Å². The van der Waals surface area contributed by atoms with Crippen molar-refractivity contribution in [3.63, 3.8) is 0 Å². The monoisotopic (exact) mass is 254 g/mol. The molecule has 2 fully saturated rings. The fourth-order valence-corrected chi connectivity index (χ4v) is 2.62. The van der Waals surface area contributed by atoms with Gasteiger partial charge in [-0.2, -0.15) is 0 Å². The normalized spacial score (nSPS) is 22.3. The third kappa shape index (κ3) is 2.94. The smallest absolute Gasteiger partial charge is 0.329 e. The predicted octanol–water partition coefficient (Wildman–Crippen LogP) is 1.83.